The topological polar surface area (TPSA) is 33.6 Å². The number of nitrogens with one attached hydrogen (secondary N) is 1. The average molecular weight is 222 g/mol. The third-order valence-corrected chi connectivity index (χ3v) is 4.33. The lowest BCUT2D eigenvalue weighted by atomic mass is 9.97. The average Bonchev–Trinajstić information content (AvgIpc) is 3.01. The summed E-state index contributed by atoms with van der Waals surface area (Å²) in [6.45, 7) is 3.12. The normalized spacial score (nSPS) is 32.8. The minimum absolute atomic E-state index is 0.493. The minimum Gasteiger partial charge on any atom is -0.478 e. The third kappa shape index (κ3) is 2.10. The van der Waals surface area contributed by atoms with E-state index < -0.39 is 0 Å². The van der Waals surface area contributed by atoms with Crippen LogP contribution in [0.25, 0.3) is 0 Å². The molecule has 90 valence electrons. The molecule has 1 unspecified atom stereocenters. The third-order valence-electron chi connectivity index (χ3n) is 4.33. The Labute approximate surface area is 97.7 Å². The van der Waals surface area contributed by atoms with Crippen molar-refractivity contribution in [3.8, 4) is 0 Å². The van der Waals surface area contributed by atoms with Gasteiger partial charge in [-0.25, -0.2) is 4.99 Å². The number of ether oxygens (including phenoxy) is 1. The van der Waals surface area contributed by atoms with Gasteiger partial charge in [0.1, 0.15) is 6.61 Å². The van der Waals surface area contributed by atoms with Crippen LogP contribution in [0.15, 0.2) is 4.99 Å². The molecule has 0 amide bonds. The van der Waals surface area contributed by atoms with E-state index in [4.69, 9.17) is 9.73 Å². The van der Waals surface area contributed by atoms with Crippen LogP contribution >= 0.6 is 0 Å². The van der Waals surface area contributed by atoms with Crippen LogP contribution in [-0.2, 0) is 4.74 Å². The molecule has 0 aromatic carbocycles. The molecule has 0 aromatic rings. The summed E-state index contributed by atoms with van der Waals surface area (Å²) in [6, 6.07) is 0.493. The molecule has 16 heavy (non-hydrogen) atoms. The first-order chi connectivity index (χ1) is 7.93. The Hall–Kier alpha value is -0.570. The highest BCUT2D eigenvalue weighted by Gasteiger charge is 2.32. The molecule has 1 N–H and O–H groups in total. The smallest absolute Gasteiger partial charge is 0.186 e. The van der Waals surface area contributed by atoms with Gasteiger partial charge < -0.3 is 10.1 Å². The van der Waals surface area contributed by atoms with E-state index >= 15 is 0 Å². The van der Waals surface area contributed by atoms with Crippen molar-refractivity contribution in [1.82, 2.24) is 5.32 Å². The monoisotopic (exact) mass is 222 g/mol. The van der Waals surface area contributed by atoms with Gasteiger partial charge in [-0.15, -0.1) is 0 Å². The van der Waals surface area contributed by atoms with Gasteiger partial charge in [-0.05, 0) is 44.7 Å². The quantitative estimate of drug-likeness (QED) is 0.775. The highest BCUT2D eigenvalue weighted by Crippen LogP contribution is 2.32. The highest BCUT2D eigenvalue weighted by molar-refractivity contribution is 5.80. The van der Waals surface area contributed by atoms with Crippen molar-refractivity contribution < 1.29 is 4.74 Å². The Morgan fingerprint density at radius 3 is 2.56 bits per heavy atom. The lowest BCUT2D eigenvalue weighted by Crippen LogP contribution is -2.31. The summed E-state index contributed by atoms with van der Waals surface area (Å²) >= 11 is 0. The lowest BCUT2D eigenvalue weighted by molar-refractivity contribution is 0.259. The fourth-order valence-corrected chi connectivity index (χ4v) is 3.28. The fourth-order valence-electron chi connectivity index (χ4n) is 3.28. The Balaban J connectivity index is 1.61. The standard InChI is InChI=1S/C13H22N2O/c1-2-4-10(3-1)12-9-16-13(15-12)11-5-7-14-8-6-11/h10-12,14H,1-9H2. The second kappa shape index (κ2) is 4.74. The summed E-state index contributed by atoms with van der Waals surface area (Å²) in [5.41, 5.74) is 0. The molecule has 2 aliphatic heterocycles. The van der Waals surface area contributed by atoms with Gasteiger partial charge in [0.05, 0.1) is 6.04 Å². The van der Waals surface area contributed by atoms with Gasteiger partial charge in [0.2, 0.25) is 0 Å². The highest BCUT2D eigenvalue weighted by atomic mass is 16.5. The molecule has 3 rings (SSSR count). The van der Waals surface area contributed by atoms with Crippen molar-refractivity contribution in [2.24, 2.45) is 16.8 Å². The summed E-state index contributed by atoms with van der Waals surface area (Å²) < 4.78 is 5.84. The molecule has 3 heteroatoms. The molecule has 0 radical (unpaired) electrons. The van der Waals surface area contributed by atoms with Crippen LogP contribution in [0.1, 0.15) is 38.5 Å². The van der Waals surface area contributed by atoms with Gasteiger partial charge in [0, 0.05) is 5.92 Å². The zero-order valence-corrected chi connectivity index (χ0v) is 9.95. The molecule has 3 aliphatic rings. The number of hydrogen-bond donors (Lipinski definition) is 1. The predicted molar refractivity (Wildman–Crippen MR) is 64.7 cm³/mol. The van der Waals surface area contributed by atoms with Crippen LogP contribution in [0.2, 0.25) is 0 Å². The molecule has 0 spiro atoms. The van der Waals surface area contributed by atoms with Crippen LogP contribution < -0.4 is 5.32 Å². The van der Waals surface area contributed by atoms with Crippen molar-refractivity contribution in [3.05, 3.63) is 0 Å². The molecule has 1 saturated heterocycles. The Bertz CT molecular complexity index is 265. The Morgan fingerprint density at radius 2 is 1.81 bits per heavy atom. The molecular formula is C13H22N2O. The maximum atomic E-state index is 5.84. The summed E-state index contributed by atoms with van der Waals surface area (Å²) in [5, 5.41) is 3.39. The second-order valence-electron chi connectivity index (χ2n) is 5.41. The van der Waals surface area contributed by atoms with Crippen molar-refractivity contribution >= 4 is 5.90 Å². The SMILES string of the molecule is C1CCC(C2COC(C3CCNCC3)=N2)C1. The maximum Gasteiger partial charge on any atom is 0.186 e. The molecule has 1 saturated carbocycles. The Morgan fingerprint density at radius 1 is 1.06 bits per heavy atom. The van der Waals surface area contributed by atoms with E-state index in [-0.39, 0.29) is 0 Å². The van der Waals surface area contributed by atoms with E-state index in [1.54, 1.807) is 0 Å². The van der Waals surface area contributed by atoms with Crippen molar-refractivity contribution in [2.75, 3.05) is 19.7 Å². The Kier molecular flexibility index (Phi) is 3.13. The van der Waals surface area contributed by atoms with Crippen LogP contribution in [0.3, 0.4) is 0 Å². The van der Waals surface area contributed by atoms with E-state index in [0.29, 0.717) is 12.0 Å². The largest absolute Gasteiger partial charge is 0.478 e. The van der Waals surface area contributed by atoms with Crippen LogP contribution in [0.5, 0.6) is 0 Å². The van der Waals surface area contributed by atoms with Crippen molar-refractivity contribution in [1.29, 1.82) is 0 Å². The molecule has 2 heterocycles. The predicted octanol–water partition coefficient (Wildman–Crippen LogP) is 1.97. The van der Waals surface area contributed by atoms with E-state index in [1.807, 2.05) is 0 Å². The van der Waals surface area contributed by atoms with E-state index in [0.717, 1.165) is 31.5 Å². The second-order valence-corrected chi connectivity index (χ2v) is 5.41. The van der Waals surface area contributed by atoms with E-state index in [9.17, 15) is 0 Å². The fraction of sp³-hybridized carbons (Fsp3) is 0.923. The molecule has 1 atom stereocenters. The number of piperidine rings is 1. The molecular weight excluding hydrogens is 200 g/mol. The number of rotatable bonds is 2. The van der Waals surface area contributed by atoms with E-state index in [2.05, 4.69) is 5.32 Å². The first-order valence-electron chi connectivity index (χ1n) is 6.84. The zero-order valence-electron chi connectivity index (χ0n) is 9.95. The first kappa shape index (κ1) is 10.6. The summed E-state index contributed by atoms with van der Waals surface area (Å²) in [5.74, 6) is 2.50. The maximum absolute atomic E-state index is 5.84. The van der Waals surface area contributed by atoms with Gasteiger partial charge >= 0.3 is 0 Å². The number of nitrogens with zero attached hydrogens (tertiary/aromatic N) is 1. The number of aliphatic imine (C=N–C) groups is 1. The first-order valence-corrected chi connectivity index (χ1v) is 6.84. The van der Waals surface area contributed by atoms with E-state index in [1.165, 1.54) is 38.5 Å². The number of hydrogen-bond acceptors (Lipinski definition) is 3. The van der Waals surface area contributed by atoms with Crippen molar-refractivity contribution in [3.63, 3.8) is 0 Å². The minimum atomic E-state index is 0.493. The summed E-state index contributed by atoms with van der Waals surface area (Å²) in [6.07, 6.45) is 7.96. The lowest BCUT2D eigenvalue weighted by Gasteiger charge is -2.21. The van der Waals surface area contributed by atoms with Crippen LogP contribution in [0.4, 0.5) is 0 Å². The summed E-state index contributed by atoms with van der Waals surface area (Å²) in [4.78, 5) is 4.86. The van der Waals surface area contributed by atoms with Gasteiger partial charge in [0.15, 0.2) is 5.90 Å². The van der Waals surface area contributed by atoms with Gasteiger partial charge in [-0.3, -0.25) is 0 Å². The zero-order chi connectivity index (χ0) is 10.8. The van der Waals surface area contributed by atoms with Gasteiger partial charge in [0.25, 0.3) is 0 Å². The van der Waals surface area contributed by atoms with Gasteiger partial charge in [-0.1, -0.05) is 12.8 Å². The van der Waals surface area contributed by atoms with Gasteiger partial charge in [-0.2, -0.15) is 0 Å². The molecule has 3 nitrogen and oxygen atoms in total. The van der Waals surface area contributed by atoms with Crippen molar-refractivity contribution in [2.45, 2.75) is 44.6 Å². The molecule has 2 fully saturated rings. The summed E-state index contributed by atoms with van der Waals surface area (Å²) in [7, 11) is 0. The molecule has 0 aromatic heterocycles. The molecule has 1 aliphatic carbocycles. The van der Waals surface area contributed by atoms with Crippen LogP contribution in [-0.4, -0.2) is 31.6 Å². The van der Waals surface area contributed by atoms with Crippen LogP contribution in [0, 0.1) is 11.8 Å². The molecule has 0 bridgehead atoms.